The Kier molecular flexibility index (Phi) is 4.79. The van der Waals surface area contributed by atoms with Crippen molar-refractivity contribution in [2.45, 2.75) is 19.4 Å². The van der Waals surface area contributed by atoms with E-state index in [0.29, 0.717) is 18.9 Å². The molecule has 0 bridgehead atoms. The molecule has 0 aliphatic carbocycles. The topological polar surface area (TPSA) is 91.3 Å². The number of nitrogens with one attached hydrogen (secondary N) is 3. The first kappa shape index (κ1) is 15.3. The molecule has 1 aromatic rings. The second-order valence-electron chi connectivity index (χ2n) is 5.29. The summed E-state index contributed by atoms with van der Waals surface area (Å²) in [5, 5.41) is 12.4. The van der Waals surface area contributed by atoms with E-state index in [2.05, 4.69) is 21.0 Å². The normalized spacial score (nSPS) is 18.5. The molecule has 1 aromatic heterocycles. The molecule has 3 N–H and O–H groups in total. The molecule has 2 rings (SSSR count). The van der Waals surface area contributed by atoms with E-state index in [1.165, 1.54) is 0 Å². The lowest BCUT2D eigenvalue weighted by Gasteiger charge is -2.16. The molecule has 0 saturated carbocycles. The fourth-order valence-corrected chi connectivity index (χ4v) is 2.46. The highest BCUT2D eigenvalue weighted by Gasteiger charge is 2.25. The van der Waals surface area contributed by atoms with Gasteiger partial charge >= 0.3 is 6.03 Å². The van der Waals surface area contributed by atoms with Crippen LogP contribution in [0.3, 0.4) is 0 Å². The minimum absolute atomic E-state index is 0.0707. The molecule has 8 heteroatoms. The largest absolute Gasteiger partial charge is 0.341 e. The molecule has 0 aromatic carbocycles. The Balaban J connectivity index is 1.79. The van der Waals surface area contributed by atoms with Crippen molar-refractivity contribution in [2.24, 2.45) is 7.05 Å². The molecule has 0 radical (unpaired) electrons. The first-order valence-electron chi connectivity index (χ1n) is 6.99. The van der Waals surface area contributed by atoms with Gasteiger partial charge < -0.3 is 16.0 Å². The number of aromatic nitrogens is 2. The van der Waals surface area contributed by atoms with Gasteiger partial charge in [-0.1, -0.05) is 0 Å². The summed E-state index contributed by atoms with van der Waals surface area (Å²) in [5.74, 6) is 0.621. The van der Waals surface area contributed by atoms with Crippen molar-refractivity contribution in [3.63, 3.8) is 0 Å². The number of hydrogen-bond acceptors (Lipinski definition) is 4. The Morgan fingerprint density at radius 2 is 2.24 bits per heavy atom. The van der Waals surface area contributed by atoms with E-state index in [9.17, 15) is 9.59 Å². The number of urea groups is 1. The first-order chi connectivity index (χ1) is 9.97. The minimum Gasteiger partial charge on any atom is -0.341 e. The van der Waals surface area contributed by atoms with Crippen LogP contribution in [0.2, 0.25) is 0 Å². The Morgan fingerprint density at radius 3 is 2.86 bits per heavy atom. The van der Waals surface area contributed by atoms with Crippen molar-refractivity contribution in [1.29, 1.82) is 0 Å². The Bertz CT molecular complexity index is 527. The second kappa shape index (κ2) is 6.57. The minimum atomic E-state index is -0.184. The quantitative estimate of drug-likeness (QED) is 0.709. The van der Waals surface area contributed by atoms with E-state index < -0.39 is 0 Å². The van der Waals surface area contributed by atoms with Crippen LogP contribution in [-0.2, 0) is 11.8 Å². The number of hydrogen-bond donors (Lipinski definition) is 3. The summed E-state index contributed by atoms with van der Waals surface area (Å²) in [6, 6.07) is 1.74. The van der Waals surface area contributed by atoms with Crippen LogP contribution in [0.5, 0.6) is 0 Å². The maximum absolute atomic E-state index is 12.0. The van der Waals surface area contributed by atoms with Gasteiger partial charge in [0.15, 0.2) is 0 Å². The molecule has 21 heavy (non-hydrogen) atoms. The summed E-state index contributed by atoms with van der Waals surface area (Å²) in [6.07, 6.45) is 0.853. The molecule has 1 saturated heterocycles. The number of carbonyl (C=O) groups is 2. The third-order valence-corrected chi connectivity index (χ3v) is 3.47. The smallest absolute Gasteiger partial charge is 0.314 e. The summed E-state index contributed by atoms with van der Waals surface area (Å²) < 4.78 is 1.65. The van der Waals surface area contributed by atoms with Gasteiger partial charge in [-0.15, -0.1) is 0 Å². The molecule has 0 spiro atoms. The summed E-state index contributed by atoms with van der Waals surface area (Å²) in [4.78, 5) is 25.3. The van der Waals surface area contributed by atoms with E-state index in [-0.39, 0.29) is 18.0 Å². The molecule has 2 heterocycles. The molecule has 1 aliphatic heterocycles. The second-order valence-corrected chi connectivity index (χ2v) is 5.29. The van der Waals surface area contributed by atoms with Gasteiger partial charge in [-0.25, -0.2) is 4.79 Å². The van der Waals surface area contributed by atoms with Crippen LogP contribution in [0.4, 0.5) is 10.6 Å². The molecule has 3 amide bonds. The third-order valence-electron chi connectivity index (χ3n) is 3.47. The predicted molar refractivity (Wildman–Crippen MR) is 79.0 cm³/mol. The van der Waals surface area contributed by atoms with Crippen LogP contribution in [-0.4, -0.2) is 59.3 Å². The lowest BCUT2D eigenvalue weighted by Crippen LogP contribution is -2.42. The molecule has 1 unspecified atom stereocenters. The average Bonchev–Trinajstić information content (AvgIpc) is 2.96. The zero-order valence-corrected chi connectivity index (χ0v) is 12.6. The number of nitrogens with zero attached hydrogens (tertiary/aromatic N) is 3. The van der Waals surface area contributed by atoms with Gasteiger partial charge in [0, 0.05) is 39.3 Å². The van der Waals surface area contributed by atoms with E-state index >= 15 is 0 Å². The van der Waals surface area contributed by atoms with Crippen molar-refractivity contribution in [3.8, 4) is 0 Å². The predicted octanol–water partition coefficient (Wildman–Crippen LogP) is -0.330. The molecular formula is C13H22N6O2. The summed E-state index contributed by atoms with van der Waals surface area (Å²) in [7, 11) is 3.38. The Hall–Kier alpha value is -2.09. The zero-order chi connectivity index (χ0) is 15.4. The van der Waals surface area contributed by atoms with Crippen molar-refractivity contribution in [3.05, 3.63) is 11.8 Å². The van der Waals surface area contributed by atoms with Crippen LogP contribution < -0.4 is 16.0 Å². The maximum Gasteiger partial charge on any atom is 0.314 e. The van der Waals surface area contributed by atoms with E-state index in [4.69, 9.17) is 0 Å². The van der Waals surface area contributed by atoms with Crippen LogP contribution in [0, 0.1) is 6.92 Å². The highest BCUT2D eigenvalue weighted by molar-refractivity contribution is 5.91. The number of likely N-dealkylation sites (tertiary alicyclic amines) is 1. The Labute approximate surface area is 123 Å². The third kappa shape index (κ3) is 4.19. The van der Waals surface area contributed by atoms with Gasteiger partial charge in [-0.2, -0.15) is 5.10 Å². The number of carbonyl (C=O) groups excluding carboxylic acids is 2. The van der Waals surface area contributed by atoms with Crippen LogP contribution in [0.1, 0.15) is 12.1 Å². The van der Waals surface area contributed by atoms with Crippen molar-refractivity contribution in [2.75, 3.05) is 32.0 Å². The van der Waals surface area contributed by atoms with Gasteiger partial charge in [-0.3, -0.25) is 14.4 Å². The summed E-state index contributed by atoms with van der Waals surface area (Å²) in [5.41, 5.74) is 0.865. The summed E-state index contributed by atoms with van der Waals surface area (Å²) in [6.45, 7) is 3.68. The standard InChI is InChI=1S/C13H22N6O2/c1-9-6-11(18(3)17-9)16-12(20)8-19-5-4-10(7-19)15-13(21)14-2/h6,10H,4-5,7-8H2,1-3H3,(H,16,20)(H2,14,15,21). The average molecular weight is 294 g/mol. The molecule has 1 atom stereocenters. The zero-order valence-electron chi connectivity index (χ0n) is 12.6. The highest BCUT2D eigenvalue weighted by atomic mass is 16.2. The fourth-order valence-electron chi connectivity index (χ4n) is 2.46. The van der Waals surface area contributed by atoms with Gasteiger partial charge in [0.2, 0.25) is 5.91 Å². The fraction of sp³-hybridized carbons (Fsp3) is 0.615. The van der Waals surface area contributed by atoms with Gasteiger partial charge in [-0.05, 0) is 13.3 Å². The Morgan fingerprint density at radius 1 is 1.48 bits per heavy atom. The van der Waals surface area contributed by atoms with Crippen LogP contribution in [0.15, 0.2) is 6.07 Å². The SMILES string of the molecule is CNC(=O)NC1CCN(CC(=O)Nc2cc(C)nn2C)C1. The van der Waals surface area contributed by atoms with Crippen molar-refractivity contribution < 1.29 is 9.59 Å². The molecule has 1 aliphatic rings. The molecule has 116 valence electrons. The molecule has 1 fully saturated rings. The monoisotopic (exact) mass is 294 g/mol. The highest BCUT2D eigenvalue weighted by Crippen LogP contribution is 2.11. The van der Waals surface area contributed by atoms with Gasteiger partial charge in [0.25, 0.3) is 0 Å². The van der Waals surface area contributed by atoms with Gasteiger partial charge in [0.05, 0.1) is 12.2 Å². The summed E-state index contributed by atoms with van der Waals surface area (Å²) >= 11 is 0. The number of rotatable bonds is 4. The van der Waals surface area contributed by atoms with E-state index in [1.54, 1.807) is 18.8 Å². The van der Waals surface area contributed by atoms with Crippen molar-refractivity contribution in [1.82, 2.24) is 25.3 Å². The molecule has 8 nitrogen and oxygen atoms in total. The van der Waals surface area contributed by atoms with Crippen LogP contribution >= 0.6 is 0 Å². The lowest BCUT2D eigenvalue weighted by atomic mass is 10.3. The lowest BCUT2D eigenvalue weighted by molar-refractivity contribution is -0.117. The molecular weight excluding hydrogens is 272 g/mol. The first-order valence-corrected chi connectivity index (χ1v) is 6.99. The van der Waals surface area contributed by atoms with E-state index in [0.717, 1.165) is 18.7 Å². The number of anilines is 1. The van der Waals surface area contributed by atoms with Crippen molar-refractivity contribution >= 4 is 17.8 Å². The van der Waals surface area contributed by atoms with Gasteiger partial charge in [0.1, 0.15) is 5.82 Å². The number of amides is 3. The number of aryl methyl sites for hydroxylation is 2. The van der Waals surface area contributed by atoms with Crippen LogP contribution in [0.25, 0.3) is 0 Å². The van der Waals surface area contributed by atoms with E-state index in [1.807, 2.05) is 17.9 Å². The maximum atomic E-state index is 12.0.